The van der Waals surface area contributed by atoms with Crippen molar-refractivity contribution in [2.75, 3.05) is 6.61 Å². The maximum Gasteiger partial charge on any atom is 0.419 e. The third kappa shape index (κ3) is 8.18. The summed E-state index contributed by atoms with van der Waals surface area (Å²) < 4.78 is 52.7. The molecule has 1 heterocycles. The maximum atomic E-state index is 13.9. The van der Waals surface area contributed by atoms with Gasteiger partial charge in [0.25, 0.3) is 0 Å². The Hall–Kier alpha value is -2.84. The Morgan fingerprint density at radius 3 is 2.32 bits per heavy atom. The van der Waals surface area contributed by atoms with Crippen molar-refractivity contribution in [3.63, 3.8) is 0 Å². The van der Waals surface area contributed by atoms with E-state index in [1.54, 1.807) is 33.8 Å². The zero-order chi connectivity index (χ0) is 25.7. The lowest BCUT2D eigenvalue weighted by Gasteiger charge is -2.33. The van der Waals surface area contributed by atoms with Crippen molar-refractivity contribution in [2.45, 2.75) is 78.6 Å². The number of carbonyl (C=O) groups excluding carboxylic acids is 1. The number of halogens is 3. The number of hydrogen-bond donors (Lipinski definition) is 1. The molecular weight excluding hydrogens is 447 g/mol. The fourth-order valence-electron chi connectivity index (χ4n) is 3.62. The van der Waals surface area contributed by atoms with E-state index in [1.165, 1.54) is 18.5 Å². The molecule has 0 aliphatic rings. The fourth-order valence-corrected chi connectivity index (χ4v) is 3.62. The topological polar surface area (TPSA) is 73.3 Å². The minimum Gasteiger partial charge on any atom is -0.491 e. The van der Waals surface area contributed by atoms with Gasteiger partial charge in [0.05, 0.1) is 16.8 Å². The maximum absolute atomic E-state index is 13.9. The van der Waals surface area contributed by atoms with Gasteiger partial charge in [-0.15, -0.1) is 0 Å². The van der Waals surface area contributed by atoms with Crippen molar-refractivity contribution < 1.29 is 27.4 Å². The molecule has 1 aromatic heterocycles. The van der Waals surface area contributed by atoms with Gasteiger partial charge >= 0.3 is 12.3 Å². The lowest BCUT2D eigenvalue weighted by molar-refractivity contribution is -0.139. The van der Waals surface area contributed by atoms with Gasteiger partial charge in [-0.3, -0.25) is 0 Å². The van der Waals surface area contributed by atoms with E-state index < -0.39 is 29.0 Å². The molecule has 34 heavy (non-hydrogen) atoms. The summed E-state index contributed by atoms with van der Waals surface area (Å²) in [7, 11) is 0. The summed E-state index contributed by atoms with van der Waals surface area (Å²) in [5, 5.41) is 2.78. The average Bonchev–Trinajstić information content (AvgIpc) is 2.69. The molecule has 0 aliphatic carbocycles. The van der Waals surface area contributed by atoms with E-state index in [9.17, 15) is 18.0 Å². The van der Waals surface area contributed by atoms with Crippen LogP contribution in [0.5, 0.6) is 5.75 Å². The number of ether oxygens (including phenoxy) is 2. The Morgan fingerprint density at radius 2 is 1.76 bits per heavy atom. The average molecular weight is 482 g/mol. The molecule has 1 atom stereocenters. The van der Waals surface area contributed by atoms with Gasteiger partial charge in [0.2, 0.25) is 0 Å². The van der Waals surface area contributed by atoms with Gasteiger partial charge in [0.1, 0.15) is 24.3 Å². The number of rotatable bonds is 8. The van der Waals surface area contributed by atoms with Crippen LogP contribution in [-0.2, 0) is 17.3 Å². The van der Waals surface area contributed by atoms with E-state index in [1.807, 2.05) is 20.8 Å². The summed E-state index contributed by atoms with van der Waals surface area (Å²) in [5.74, 6) is -0.166. The van der Waals surface area contributed by atoms with Crippen LogP contribution in [0.3, 0.4) is 0 Å². The van der Waals surface area contributed by atoms with E-state index in [4.69, 9.17) is 9.47 Å². The minimum atomic E-state index is -4.64. The molecule has 1 aromatic carbocycles. The van der Waals surface area contributed by atoms with E-state index >= 15 is 0 Å². The molecule has 0 fully saturated rings. The Balaban J connectivity index is 2.32. The first-order chi connectivity index (χ1) is 15.6. The summed E-state index contributed by atoms with van der Waals surface area (Å²) in [6.07, 6.45) is -2.83. The molecule has 0 saturated carbocycles. The van der Waals surface area contributed by atoms with E-state index in [-0.39, 0.29) is 18.3 Å². The van der Waals surface area contributed by atoms with Crippen molar-refractivity contribution in [1.82, 2.24) is 15.3 Å². The van der Waals surface area contributed by atoms with Crippen molar-refractivity contribution in [2.24, 2.45) is 5.92 Å². The zero-order valence-electron chi connectivity index (χ0n) is 20.8. The van der Waals surface area contributed by atoms with Gasteiger partial charge in [0, 0.05) is 11.3 Å². The molecule has 9 heteroatoms. The number of aryl methyl sites for hydroxylation is 1. The van der Waals surface area contributed by atoms with Gasteiger partial charge < -0.3 is 14.8 Å². The van der Waals surface area contributed by atoms with E-state index in [2.05, 4.69) is 15.3 Å². The second-order valence-electron chi connectivity index (χ2n) is 10.0. The first-order valence-electron chi connectivity index (χ1n) is 11.3. The quantitative estimate of drug-likeness (QED) is 0.470. The Bertz CT molecular complexity index is 987. The molecule has 6 nitrogen and oxygen atoms in total. The smallest absolute Gasteiger partial charge is 0.419 e. The predicted octanol–water partition coefficient (Wildman–Crippen LogP) is 6.43. The van der Waals surface area contributed by atoms with Crippen molar-refractivity contribution >= 4 is 6.09 Å². The second kappa shape index (κ2) is 10.6. The molecular formula is C25H34F3N3O3. The highest BCUT2D eigenvalue weighted by Crippen LogP contribution is 2.39. The van der Waals surface area contributed by atoms with Gasteiger partial charge in [-0.25, -0.2) is 14.8 Å². The third-order valence-electron chi connectivity index (χ3n) is 4.87. The molecule has 2 aromatic rings. The molecule has 188 valence electrons. The van der Waals surface area contributed by atoms with Crippen LogP contribution < -0.4 is 10.1 Å². The summed E-state index contributed by atoms with van der Waals surface area (Å²) in [6, 6.07) is 5.52. The lowest BCUT2D eigenvalue weighted by atomic mass is 9.91. The van der Waals surface area contributed by atoms with Crippen LogP contribution in [0.1, 0.15) is 66.1 Å². The number of aromatic nitrogens is 2. The number of alkyl carbamates (subject to hydrolysis) is 1. The van der Waals surface area contributed by atoms with Crippen molar-refractivity contribution in [1.29, 1.82) is 0 Å². The SMILES string of the molecule is CCc1cc(-c2ccc(OCC(C)(CC(C)C)NC(=O)OC(C)(C)C)c(C(F)(F)F)c2)ncn1. The zero-order valence-corrected chi connectivity index (χ0v) is 20.8. The number of carbonyl (C=O) groups is 1. The molecule has 2 rings (SSSR count). The van der Waals surface area contributed by atoms with Crippen LogP contribution in [0.15, 0.2) is 30.6 Å². The standard InChI is InChI=1S/C25H34F3N3O3/c1-8-18-12-20(30-15-29-18)17-9-10-21(19(11-17)25(26,27)28)33-14-24(7,13-16(2)3)31-22(32)34-23(4,5)6/h9-12,15-16H,8,13-14H2,1-7H3,(H,31,32). The highest BCUT2D eigenvalue weighted by molar-refractivity contribution is 5.68. The van der Waals surface area contributed by atoms with Gasteiger partial charge in [0.15, 0.2) is 0 Å². The number of amides is 1. The second-order valence-corrected chi connectivity index (χ2v) is 10.0. The van der Waals surface area contributed by atoms with Crippen LogP contribution in [0.2, 0.25) is 0 Å². The highest BCUT2D eigenvalue weighted by Gasteiger charge is 2.36. The number of nitrogens with one attached hydrogen (secondary N) is 1. The molecule has 0 spiro atoms. The van der Waals surface area contributed by atoms with E-state index in [0.29, 0.717) is 24.1 Å². The Kier molecular flexibility index (Phi) is 8.55. The van der Waals surface area contributed by atoms with Crippen LogP contribution in [-0.4, -0.2) is 33.8 Å². The normalized spacial score (nSPS) is 14.0. The number of hydrogen-bond acceptors (Lipinski definition) is 5. The number of alkyl halides is 3. The monoisotopic (exact) mass is 481 g/mol. The van der Waals surface area contributed by atoms with Gasteiger partial charge in [-0.05, 0) is 70.7 Å². The molecule has 0 saturated heterocycles. The van der Waals surface area contributed by atoms with Crippen molar-refractivity contribution in [3.8, 4) is 17.0 Å². The summed E-state index contributed by atoms with van der Waals surface area (Å²) in [4.78, 5) is 20.6. The van der Waals surface area contributed by atoms with Crippen LogP contribution in [0.4, 0.5) is 18.0 Å². The summed E-state index contributed by atoms with van der Waals surface area (Å²) in [5.41, 5.74) is -1.11. The lowest BCUT2D eigenvalue weighted by Crippen LogP contribution is -2.52. The molecule has 1 N–H and O–H groups in total. The summed E-state index contributed by atoms with van der Waals surface area (Å²) in [6.45, 7) is 12.6. The molecule has 0 radical (unpaired) electrons. The largest absolute Gasteiger partial charge is 0.491 e. The number of nitrogens with zero attached hydrogens (tertiary/aromatic N) is 2. The molecule has 0 bridgehead atoms. The van der Waals surface area contributed by atoms with Crippen molar-refractivity contribution in [3.05, 3.63) is 41.9 Å². The fraction of sp³-hybridized carbons (Fsp3) is 0.560. The van der Waals surface area contributed by atoms with Gasteiger partial charge in [-0.2, -0.15) is 13.2 Å². The Labute approximate surface area is 199 Å². The first kappa shape index (κ1) is 27.4. The van der Waals surface area contributed by atoms with Crippen LogP contribution in [0, 0.1) is 5.92 Å². The van der Waals surface area contributed by atoms with Gasteiger partial charge in [-0.1, -0.05) is 20.8 Å². The van der Waals surface area contributed by atoms with Crippen LogP contribution >= 0.6 is 0 Å². The Morgan fingerprint density at radius 1 is 1.09 bits per heavy atom. The molecule has 1 unspecified atom stereocenters. The third-order valence-corrected chi connectivity index (χ3v) is 4.87. The predicted molar refractivity (Wildman–Crippen MR) is 125 cm³/mol. The number of benzene rings is 1. The highest BCUT2D eigenvalue weighted by atomic mass is 19.4. The first-order valence-corrected chi connectivity index (χ1v) is 11.3. The minimum absolute atomic E-state index is 0.151. The summed E-state index contributed by atoms with van der Waals surface area (Å²) >= 11 is 0. The molecule has 1 amide bonds. The molecule has 0 aliphatic heterocycles. The van der Waals surface area contributed by atoms with Crippen LogP contribution in [0.25, 0.3) is 11.3 Å². The van der Waals surface area contributed by atoms with E-state index in [0.717, 1.165) is 11.8 Å².